The Hall–Kier alpha value is -0.880. The molecule has 1 saturated heterocycles. The highest BCUT2D eigenvalue weighted by molar-refractivity contribution is 9.10. The van der Waals surface area contributed by atoms with Crippen LogP contribution in [0.15, 0.2) is 28.7 Å². The summed E-state index contributed by atoms with van der Waals surface area (Å²) in [5.41, 5.74) is 0.934. The van der Waals surface area contributed by atoms with Crippen molar-refractivity contribution in [3.05, 3.63) is 33.8 Å². The molecule has 4 nitrogen and oxygen atoms in total. The number of benzene rings is 1. The number of aromatic nitrogens is 1. The second kappa shape index (κ2) is 6.93. The maximum absolute atomic E-state index is 6.32. The highest BCUT2D eigenvalue weighted by atomic mass is 79.9. The van der Waals surface area contributed by atoms with Gasteiger partial charge in [-0.2, -0.15) is 0 Å². The van der Waals surface area contributed by atoms with Gasteiger partial charge < -0.3 is 15.0 Å². The molecule has 2 aromatic rings. The summed E-state index contributed by atoms with van der Waals surface area (Å²) in [4.78, 5) is 6.98. The number of rotatable bonds is 4. The van der Waals surface area contributed by atoms with E-state index in [1.54, 1.807) is 0 Å². The van der Waals surface area contributed by atoms with Crippen molar-refractivity contribution < 1.29 is 4.74 Å². The molecule has 3 rings (SSSR count). The van der Waals surface area contributed by atoms with Crippen LogP contribution in [0, 0.1) is 0 Å². The van der Waals surface area contributed by atoms with Gasteiger partial charge in [0, 0.05) is 35.2 Å². The van der Waals surface area contributed by atoms with Crippen LogP contribution < -0.4 is 5.32 Å². The van der Waals surface area contributed by atoms with Crippen LogP contribution in [-0.2, 0) is 4.74 Å². The van der Waals surface area contributed by atoms with Crippen molar-refractivity contribution in [1.29, 1.82) is 0 Å². The number of nitrogens with zero attached hydrogens (tertiary/aromatic N) is 2. The second-order valence-corrected chi connectivity index (χ2v) is 7.56. The second-order valence-electron chi connectivity index (χ2n) is 6.24. The smallest absolute Gasteiger partial charge is 0.126 e. The normalized spacial score (nSPS) is 17.6. The van der Waals surface area contributed by atoms with Crippen LogP contribution in [0.1, 0.15) is 12.8 Å². The first kappa shape index (κ1) is 17.0. The van der Waals surface area contributed by atoms with Gasteiger partial charge in [-0.3, -0.25) is 0 Å². The van der Waals surface area contributed by atoms with E-state index < -0.39 is 0 Å². The molecular weight excluding hydrogens is 378 g/mol. The Kier molecular flexibility index (Phi) is 5.11. The molecule has 0 amide bonds. The van der Waals surface area contributed by atoms with Gasteiger partial charge in [0.1, 0.15) is 5.82 Å². The molecule has 1 fully saturated rings. The third-order valence-corrected chi connectivity index (χ3v) is 5.43. The van der Waals surface area contributed by atoms with Crippen molar-refractivity contribution in [3.8, 4) is 0 Å². The van der Waals surface area contributed by atoms with Gasteiger partial charge in [-0.05, 0) is 51.2 Å². The molecule has 6 heteroatoms. The van der Waals surface area contributed by atoms with Crippen LogP contribution in [0.4, 0.5) is 5.82 Å². The number of fused-ring (bicyclic) bond motifs is 1. The molecule has 0 radical (unpaired) electrons. The molecule has 0 saturated carbocycles. The lowest BCUT2D eigenvalue weighted by Crippen LogP contribution is -2.53. The van der Waals surface area contributed by atoms with E-state index in [1.165, 1.54) is 0 Å². The van der Waals surface area contributed by atoms with Gasteiger partial charge in [-0.1, -0.05) is 27.5 Å². The van der Waals surface area contributed by atoms with Gasteiger partial charge in [0.2, 0.25) is 0 Å². The molecule has 124 valence electrons. The number of halogens is 2. The van der Waals surface area contributed by atoms with Crippen LogP contribution >= 0.6 is 27.5 Å². The lowest BCUT2D eigenvalue weighted by molar-refractivity contribution is -0.000661. The summed E-state index contributed by atoms with van der Waals surface area (Å²) in [7, 11) is 4.27. The molecule has 23 heavy (non-hydrogen) atoms. The number of pyridine rings is 1. The Balaban J connectivity index is 1.81. The summed E-state index contributed by atoms with van der Waals surface area (Å²) >= 11 is 9.78. The maximum Gasteiger partial charge on any atom is 0.126 e. The molecule has 0 unspecified atom stereocenters. The molecule has 1 aliphatic heterocycles. The van der Waals surface area contributed by atoms with Gasteiger partial charge >= 0.3 is 0 Å². The first-order chi connectivity index (χ1) is 11.0. The summed E-state index contributed by atoms with van der Waals surface area (Å²) in [6.07, 6.45) is 2.04. The Morgan fingerprint density at radius 3 is 2.74 bits per heavy atom. The van der Waals surface area contributed by atoms with E-state index >= 15 is 0 Å². The van der Waals surface area contributed by atoms with E-state index in [-0.39, 0.29) is 5.54 Å². The SMILES string of the molecule is CN(C)C1(CNc2ccc3cc(Br)cc(Cl)c3n2)CCOCC1. The Morgan fingerprint density at radius 2 is 2.04 bits per heavy atom. The number of nitrogens with one attached hydrogen (secondary N) is 1. The molecule has 0 bridgehead atoms. The molecular formula is C17H21BrClN3O. The predicted octanol–water partition coefficient (Wildman–Crippen LogP) is 4.17. The van der Waals surface area contributed by atoms with Crippen molar-refractivity contribution in [3.63, 3.8) is 0 Å². The minimum Gasteiger partial charge on any atom is -0.381 e. The molecule has 0 spiro atoms. The Morgan fingerprint density at radius 1 is 1.30 bits per heavy atom. The first-order valence-corrected chi connectivity index (χ1v) is 8.92. The number of anilines is 1. The first-order valence-electron chi connectivity index (χ1n) is 7.75. The number of likely N-dealkylation sites (N-methyl/N-ethyl adjacent to an activating group) is 1. The zero-order valence-corrected chi connectivity index (χ0v) is 15.7. The van der Waals surface area contributed by atoms with E-state index in [2.05, 4.69) is 45.2 Å². The number of hydrogen-bond donors (Lipinski definition) is 1. The fourth-order valence-electron chi connectivity index (χ4n) is 3.04. The lowest BCUT2D eigenvalue weighted by Gasteiger charge is -2.43. The van der Waals surface area contributed by atoms with E-state index in [4.69, 9.17) is 16.3 Å². The molecule has 1 N–H and O–H groups in total. The summed E-state index contributed by atoms with van der Waals surface area (Å²) < 4.78 is 6.48. The van der Waals surface area contributed by atoms with Gasteiger partial charge in [0.25, 0.3) is 0 Å². The fourth-order valence-corrected chi connectivity index (χ4v) is 3.92. The predicted molar refractivity (Wildman–Crippen MR) is 99.4 cm³/mol. The van der Waals surface area contributed by atoms with E-state index in [0.717, 1.165) is 53.8 Å². The van der Waals surface area contributed by atoms with Crippen molar-refractivity contribution in [1.82, 2.24) is 9.88 Å². The van der Waals surface area contributed by atoms with Crippen LogP contribution in [0.2, 0.25) is 5.02 Å². The Bertz CT molecular complexity index is 702. The summed E-state index contributed by atoms with van der Waals surface area (Å²) in [5.74, 6) is 0.856. The minimum atomic E-state index is 0.110. The standard InChI is InChI=1S/C17H21BrClN3O/c1-22(2)17(5-7-23-8-6-17)11-20-15-4-3-12-9-13(18)10-14(19)16(12)21-15/h3-4,9-10H,5-8,11H2,1-2H3,(H,20,21). The highest BCUT2D eigenvalue weighted by Gasteiger charge is 2.34. The van der Waals surface area contributed by atoms with Crippen molar-refractivity contribution in [2.75, 3.05) is 39.2 Å². The largest absolute Gasteiger partial charge is 0.381 e. The zero-order valence-electron chi connectivity index (χ0n) is 13.4. The number of hydrogen-bond acceptors (Lipinski definition) is 4. The number of ether oxygens (including phenoxy) is 1. The average Bonchev–Trinajstić information content (AvgIpc) is 2.54. The molecule has 0 aliphatic carbocycles. The van der Waals surface area contributed by atoms with E-state index in [9.17, 15) is 0 Å². The summed E-state index contributed by atoms with van der Waals surface area (Å²) in [5, 5.41) is 5.18. The monoisotopic (exact) mass is 397 g/mol. The molecule has 1 aromatic carbocycles. The lowest BCUT2D eigenvalue weighted by atomic mass is 9.88. The molecule has 1 aliphatic rings. The van der Waals surface area contributed by atoms with Gasteiger partial charge in [0.05, 0.1) is 10.5 Å². The van der Waals surface area contributed by atoms with Gasteiger partial charge in [-0.15, -0.1) is 0 Å². The van der Waals surface area contributed by atoms with Crippen LogP contribution in [0.5, 0.6) is 0 Å². The molecule has 0 atom stereocenters. The van der Waals surface area contributed by atoms with Crippen molar-refractivity contribution in [2.24, 2.45) is 0 Å². The molecule has 2 heterocycles. The highest BCUT2D eigenvalue weighted by Crippen LogP contribution is 2.29. The maximum atomic E-state index is 6.32. The third kappa shape index (κ3) is 3.63. The minimum absolute atomic E-state index is 0.110. The van der Waals surface area contributed by atoms with Crippen molar-refractivity contribution in [2.45, 2.75) is 18.4 Å². The summed E-state index contributed by atoms with van der Waals surface area (Å²) in [6, 6.07) is 7.96. The van der Waals surface area contributed by atoms with Gasteiger partial charge in [0.15, 0.2) is 0 Å². The van der Waals surface area contributed by atoms with Gasteiger partial charge in [-0.25, -0.2) is 4.98 Å². The van der Waals surface area contributed by atoms with E-state index in [0.29, 0.717) is 5.02 Å². The summed E-state index contributed by atoms with van der Waals surface area (Å²) in [6.45, 7) is 2.46. The third-order valence-electron chi connectivity index (χ3n) is 4.68. The zero-order chi connectivity index (χ0) is 16.4. The van der Waals surface area contributed by atoms with Crippen LogP contribution in [0.3, 0.4) is 0 Å². The van der Waals surface area contributed by atoms with Crippen LogP contribution in [0.25, 0.3) is 10.9 Å². The Labute approximate surface area is 150 Å². The van der Waals surface area contributed by atoms with Crippen LogP contribution in [-0.4, -0.2) is 49.3 Å². The fraction of sp³-hybridized carbons (Fsp3) is 0.471. The molecule has 1 aromatic heterocycles. The topological polar surface area (TPSA) is 37.4 Å². The average molecular weight is 399 g/mol. The van der Waals surface area contributed by atoms with E-state index in [1.807, 2.05) is 24.3 Å². The van der Waals surface area contributed by atoms with Crippen molar-refractivity contribution >= 4 is 44.3 Å². The quantitative estimate of drug-likeness (QED) is 0.838.